The zero-order chi connectivity index (χ0) is 18.9. The first-order valence-electron chi connectivity index (χ1n) is 8.21. The van der Waals surface area contributed by atoms with Gasteiger partial charge in [0, 0.05) is 19.0 Å². The number of carbonyl (C=O) groups is 1. The maximum Gasteiger partial charge on any atom is 0.338 e. The summed E-state index contributed by atoms with van der Waals surface area (Å²) in [6.07, 6.45) is 3.22. The summed E-state index contributed by atoms with van der Waals surface area (Å²) >= 11 is 0. The molecule has 3 rings (SSSR count). The van der Waals surface area contributed by atoms with Crippen LogP contribution >= 0.6 is 0 Å². The van der Waals surface area contributed by atoms with Crippen molar-refractivity contribution < 1.29 is 17.9 Å². The fraction of sp³-hybridized carbons (Fsp3) is 0.250. The van der Waals surface area contributed by atoms with Crippen LogP contribution in [0, 0.1) is 6.92 Å². The van der Waals surface area contributed by atoms with Crippen LogP contribution in [0.15, 0.2) is 48.7 Å². The van der Waals surface area contributed by atoms with Gasteiger partial charge in [0.15, 0.2) is 9.84 Å². The molecule has 0 unspecified atom stereocenters. The van der Waals surface area contributed by atoms with Crippen molar-refractivity contribution in [2.45, 2.75) is 19.2 Å². The number of hydrogen-bond acceptors (Lipinski definition) is 4. The van der Waals surface area contributed by atoms with Crippen molar-refractivity contribution in [2.24, 2.45) is 0 Å². The van der Waals surface area contributed by atoms with Gasteiger partial charge in [0.2, 0.25) is 0 Å². The Morgan fingerprint density at radius 1 is 1.04 bits per heavy atom. The standard InChI is InChI=1S/C20H21NO4S/c1-14-18(20(22)25-2)9-8-17-10-11-21(19(14)17)12-15-4-6-16(7-5-15)13-26(3,23)24/h4-11H,12-13H2,1-3H3. The first kappa shape index (κ1) is 18.2. The summed E-state index contributed by atoms with van der Waals surface area (Å²) in [5, 5.41) is 1.06. The highest BCUT2D eigenvalue weighted by Crippen LogP contribution is 2.25. The van der Waals surface area contributed by atoms with Gasteiger partial charge < -0.3 is 9.30 Å². The van der Waals surface area contributed by atoms with Gasteiger partial charge in [-0.15, -0.1) is 0 Å². The highest BCUT2D eigenvalue weighted by Gasteiger charge is 2.14. The molecule has 0 aliphatic rings. The summed E-state index contributed by atoms with van der Waals surface area (Å²) < 4.78 is 29.7. The van der Waals surface area contributed by atoms with Gasteiger partial charge in [0.05, 0.1) is 23.9 Å². The second-order valence-electron chi connectivity index (χ2n) is 6.50. The molecule has 0 bridgehead atoms. The van der Waals surface area contributed by atoms with Crippen LogP contribution < -0.4 is 0 Å². The highest BCUT2D eigenvalue weighted by molar-refractivity contribution is 7.89. The normalized spacial score (nSPS) is 11.7. The average Bonchev–Trinajstić information content (AvgIpc) is 2.99. The van der Waals surface area contributed by atoms with E-state index in [4.69, 9.17) is 4.74 Å². The van der Waals surface area contributed by atoms with E-state index in [-0.39, 0.29) is 11.7 Å². The molecule has 6 heteroatoms. The summed E-state index contributed by atoms with van der Waals surface area (Å²) in [5.41, 5.74) is 4.27. The number of fused-ring (bicyclic) bond motifs is 1. The molecule has 0 saturated heterocycles. The maximum atomic E-state index is 11.9. The van der Waals surface area contributed by atoms with Crippen LogP contribution in [-0.4, -0.2) is 32.3 Å². The van der Waals surface area contributed by atoms with Gasteiger partial charge in [0.1, 0.15) is 0 Å². The second kappa shape index (κ2) is 6.96. The van der Waals surface area contributed by atoms with E-state index in [1.807, 2.05) is 49.5 Å². The molecule has 0 saturated carbocycles. The third kappa shape index (κ3) is 3.80. The third-order valence-corrected chi connectivity index (χ3v) is 5.25. The van der Waals surface area contributed by atoms with Gasteiger partial charge in [-0.05, 0) is 41.1 Å². The van der Waals surface area contributed by atoms with Crippen LogP contribution in [0.25, 0.3) is 10.9 Å². The molecule has 0 spiro atoms. The number of ether oxygens (including phenoxy) is 1. The van der Waals surface area contributed by atoms with Crippen LogP contribution in [0.4, 0.5) is 0 Å². The lowest BCUT2D eigenvalue weighted by Crippen LogP contribution is -2.06. The maximum absolute atomic E-state index is 11.9. The van der Waals surface area contributed by atoms with E-state index in [0.29, 0.717) is 12.1 Å². The SMILES string of the molecule is COC(=O)c1ccc2ccn(Cc3ccc(CS(C)(=O)=O)cc3)c2c1C. The Morgan fingerprint density at radius 3 is 2.31 bits per heavy atom. The van der Waals surface area contributed by atoms with E-state index in [9.17, 15) is 13.2 Å². The van der Waals surface area contributed by atoms with Gasteiger partial charge in [0.25, 0.3) is 0 Å². The smallest absolute Gasteiger partial charge is 0.338 e. The number of esters is 1. The van der Waals surface area contributed by atoms with Gasteiger partial charge in [-0.1, -0.05) is 30.3 Å². The predicted molar refractivity (Wildman–Crippen MR) is 102 cm³/mol. The van der Waals surface area contributed by atoms with Crippen molar-refractivity contribution in [3.05, 3.63) is 70.9 Å². The summed E-state index contributed by atoms with van der Waals surface area (Å²) in [5.74, 6) is -0.302. The molecular weight excluding hydrogens is 350 g/mol. The van der Waals surface area contributed by atoms with Crippen LogP contribution in [-0.2, 0) is 26.9 Å². The Hall–Kier alpha value is -2.60. The van der Waals surface area contributed by atoms with Gasteiger partial charge in [-0.2, -0.15) is 0 Å². The number of hydrogen-bond donors (Lipinski definition) is 0. The molecule has 1 heterocycles. The van der Waals surface area contributed by atoms with E-state index < -0.39 is 9.84 Å². The number of aryl methyl sites for hydroxylation is 1. The number of benzene rings is 2. The molecule has 0 N–H and O–H groups in total. The van der Waals surface area contributed by atoms with Crippen molar-refractivity contribution in [2.75, 3.05) is 13.4 Å². The van der Waals surface area contributed by atoms with E-state index in [2.05, 4.69) is 4.57 Å². The van der Waals surface area contributed by atoms with Crippen molar-refractivity contribution in [1.82, 2.24) is 4.57 Å². The molecule has 2 aromatic carbocycles. The summed E-state index contributed by atoms with van der Waals surface area (Å²) in [4.78, 5) is 11.9. The first-order valence-corrected chi connectivity index (χ1v) is 10.3. The predicted octanol–water partition coefficient (Wildman–Crippen LogP) is 3.33. The van der Waals surface area contributed by atoms with Crippen LogP contribution in [0.2, 0.25) is 0 Å². The lowest BCUT2D eigenvalue weighted by molar-refractivity contribution is 0.0600. The van der Waals surface area contributed by atoms with E-state index >= 15 is 0 Å². The van der Waals surface area contributed by atoms with E-state index in [1.54, 1.807) is 6.07 Å². The monoisotopic (exact) mass is 371 g/mol. The lowest BCUT2D eigenvalue weighted by atomic mass is 10.1. The Labute approximate surface area is 153 Å². The van der Waals surface area contributed by atoms with Gasteiger partial charge in [-0.25, -0.2) is 13.2 Å². The van der Waals surface area contributed by atoms with Crippen LogP contribution in [0.1, 0.15) is 27.0 Å². The Bertz CT molecular complexity index is 1060. The van der Waals surface area contributed by atoms with E-state index in [1.165, 1.54) is 13.4 Å². The molecule has 3 aromatic rings. The minimum Gasteiger partial charge on any atom is -0.465 e. The van der Waals surface area contributed by atoms with Gasteiger partial charge >= 0.3 is 5.97 Å². The van der Waals surface area contributed by atoms with Crippen LogP contribution in [0.3, 0.4) is 0 Å². The quantitative estimate of drug-likeness (QED) is 0.645. The van der Waals surface area contributed by atoms with Crippen molar-refractivity contribution in [1.29, 1.82) is 0 Å². The Kier molecular flexibility index (Phi) is 4.87. The zero-order valence-electron chi connectivity index (χ0n) is 15.0. The summed E-state index contributed by atoms with van der Waals surface area (Å²) in [6, 6.07) is 13.3. The number of rotatable bonds is 5. The molecule has 0 radical (unpaired) electrons. The average molecular weight is 371 g/mol. The minimum atomic E-state index is -3.04. The van der Waals surface area contributed by atoms with Crippen molar-refractivity contribution in [3.63, 3.8) is 0 Å². The van der Waals surface area contributed by atoms with Gasteiger partial charge in [-0.3, -0.25) is 0 Å². The molecule has 0 fully saturated rings. The number of methoxy groups -OCH3 is 1. The fourth-order valence-corrected chi connectivity index (χ4v) is 3.98. The number of nitrogens with zero attached hydrogens (tertiary/aromatic N) is 1. The lowest BCUT2D eigenvalue weighted by Gasteiger charge is -2.11. The third-order valence-electron chi connectivity index (χ3n) is 4.39. The second-order valence-corrected chi connectivity index (χ2v) is 8.64. The zero-order valence-corrected chi connectivity index (χ0v) is 15.8. The molecule has 0 aliphatic heterocycles. The molecule has 1 aromatic heterocycles. The number of aromatic nitrogens is 1. The Balaban J connectivity index is 1.93. The largest absolute Gasteiger partial charge is 0.465 e. The van der Waals surface area contributed by atoms with Crippen molar-refractivity contribution in [3.8, 4) is 0 Å². The van der Waals surface area contributed by atoms with E-state index in [0.717, 1.165) is 27.6 Å². The number of sulfone groups is 1. The highest BCUT2D eigenvalue weighted by atomic mass is 32.2. The molecule has 0 amide bonds. The summed E-state index contributed by atoms with van der Waals surface area (Å²) in [7, 11) is -1.66. The topological polar surface area (TPSA) is 65.4 Å². The minimum absolute atomic E-state index is 0.0430. The van der Waals surface area contributed by atoms with Crippen molar-refractivity contribution >= 4 is 26.7 Å². The Morgan fingerprint density at radius 2 is 1.69 bits per heavy atom. The molecule has 0 atom stereocenters. The van der Waals surface area contributed by atoms with Crippen LogP contribution in [0.5, 0.6) is 0 Å². The first-order chi connectivity index (χ1) is 12.3. The molecule has 26 heavy (non-hydrogen) atoms. The molecular formula is C20H21NO4S. The summed E-state index contributed by atoms with van der Waals surface area (Å²) in [6.45, 7) is 2.55. The number of carbonyl (C=O) groups excluding carboxylic acids is 1. The molecule has 5 nitrogen and oxygen atoms in total. The molecule has 136 valence electrons. The fourth-order valence-electron chi connectivity index (χ4n) is 3.18. The molecule has 0 aliphatic carbocycles.